The van der Waals surface area contributed by atoms with Crippen molar-refractivity contribution in [2.45, 2.75) is 0 Å². The second-order valence-electron chi connectivity index (χ2n) is 5.32. The minimum absolute atomic E-state index is 0.384. The van der Waals surface area contributed by atoms with Gasteiger partial charge in [-0.1, -0.05) is 78.3 Å². The second-order valence-corrected chi connectivity index (χ2v) is 5.68. The lowest BCUT2D eigenvalue weighted by Gasteiger charge is -2.05. The lowest BCUT2D eigenvalue weighted by Crippen LogP contribution is -1.97. The zero-order chi connectivity index (χ0) is 16.4. The Balaban J connectivity index is 1.68. The summed E-state index contributed by atoms with van der Waals surface area (Å²) >= 11 is 6.08. The highest BCUT2D eigenvalue weighted by Crippen LogP contribution is 2.25. The van der Waals surface area contributed by atoms with E-state index in [4.69, 9.17) is 11.6 Å². The molecule has 116 valence electrons. The number of halogens is 1. The maximum absolute atomic E-state index is 6.08. The van der Waals surface area contributed by atoms with Crippen LogP contribution in [0.5, 0.6) is 0 Å². The zero-order valence-electron chi connectivity index (χ0n) is 12.6. The summed E-state index contributed by atoms with van der Waals surface area (Å²) in [5.41, 5.74) is 4.00. The van der Waals surface area contributed by atoms with Gasteiger partial charge in [0.15, 0.2) is 11.0 Å². The minimum Gasteiger partial charge on any atom is -0.259 e. The van der Waals surface area contributed by atoms with Gasteiger partial charge in [0.25, 0.3) is 0 Å². The van der Waals surface area contributed by atoms with Crippen molar-refractivity contribution in [2.24, 2.45) is 5.10 Å². The lowest BCUT2D eigenvalue weighted by atomic mass is 10.1. The van der Waals surface area contributed by atoms with Crippen LogP contribution in [0.1, 0.15) is 5.56 Å². The Hall–Kier alpha value is -2.98. The molecule has 24 heavy (non-hydrogen) atoms. The van der Waals surface area contributed by atoms with E-state index in [0.29, 0.717) is 11.0 Å². The SMILES string of the molecule is Clc1nnc(N/N=C/c2cccc3ccccc23)c2ccccc12. The highest BCUT2D eigenvalue weighted by Gasteiger charge is 2.06. The molecule has 0 aliphatic rings. The fourth-order valence-electron chi connectivity index (χ4n) is 2.68. The zero-order valence-corrected chi connectivity index (χ0v) is 13.4. The third kappa shape index (κ3) is 2.68. The van der Waals surface area contributed by atoms with E-state index < -0.39 is 0 Å². The fourth-order valence-corrected chi connectivity index (χ4v) is 2.88. The minimum atomic E-state index is 0.384. The first kappa shape index (κ1) is 14.6. The van der Waals surface area contributed by atoms with Crippen LogP contribution in [0.4, 0.5) is 5.82 Å². The average molecular weight is 333 g/mol. The van der Waals surface area contributed by atoms with Gasteiger partial charge in [-0.05, 0) is 10.8 Å². The normalized spacial score (nSPS) is 11.4. The molecule has 0 amide bonds. The van der Waals surface area contributed by atoms with E-state index in [0.717, 1.165) is 21.7 Å². The van der Waals surface area contributed by atoms with Crippen LogP contribution in [-0.2, 0) is 0 Å². The van der Waals surface area contributed by atoms with Crippen molar-refractivity contribution in [3.8, 4) is 0 Å². The summed E-state index contributed by atoms with van der Waals surface area (Å²) < 4.78 is 0. The van der Waals surface area contributed by atoms with Crippen molar-refractivity contribution < 1.29 is 0 Å². The fraction of sp³-hybridized carbons (Fsp3) is 0. The number of fused-ring (bicyclic) bond motifs is 2. The third-order valence-corrected chi connectivity index (χ3v) is 4.12. The first-order valence-electron chi connectivity index (χ1n) is 7.51. The molecule has 4 rings (SSSR count). The molecule has 0 atom stereocenters. The van der Waals surface area contributed by atoms with Crippen LogP contribution >= 0.6 is 11.6 Å². The predicted molar refractivity (Wildman–Crippen MR) is 99.7 cm³/mol. The number of hydrogen-bond donors (Lipinski definition) is 1. The van der Waals surface area contributed by atoms with E-state index in [1.165, 1.54) is 5.39 Å². The van der Waals surface area contributed by atoms with E-state index in [-0.39, 0.29) is 0 Å². The summed E-state index contributed by atoms with van der Waals surface area (Å²) in [5.74, 6) is 0.575. The monoisotopic (exact) mass is 332 g/mol. The third-order valence-electron chi connectivity index (χ3n) is 3.84. The highest BCUT2D eigenvalue weighted by atomic mass is 35.5. The Morgan fingerprint density at radius 3 is 2.38 bits per heavy atom. The van der Waals surface area contributed by atoms with Crippen LogP contribution in [0.25, 0.3) is 21.5 Å². The smallest absolute Gasteiger partial charge is 0.176 e. The van der Waals surface area contributed by atoms with Gasteiger partial charge in [0.05, 0.1) is 6.21 Å². The molecule has 0 fully saturated rings. The van der Waals surface area contributed by atoms with E-state index in [2.05, 4.69) is 38.9 Å². The Bertz CT molecular complexity index is 1050. The van der Waals surface area contributed by atoms with Crippen LogP contribution in [0.15, 0.2) is 71.8 Å². The van der Waals surface area contributed by atoms with Crippen molar-refractivity contribution in [3.05, 3.63) is 77.4 Å². The van der Waals surface area contributed by atoms with Gasteiger partial charge in [-0.15, -0.1) is 10.2 Å². The maximum atomic E-state index is 6.08. The summed E-state index contributed by atoms with van der Waals surface area (Å²) in [4.78, 5) is 0. The quantitative estimate of drug-likeness (QED) is 0.429. The van der Waals surface area contributed by atoms with Gasteiger partial charge in [0.1, 0.15) is 0 Å². The first-order chi connectivity index (χ1) is 11.8. The molecule has 0 bridgehead atoms. The number of rotatable bonds is 3. The molecule has 1 N–H and O–H groups in total. The van der Waals surface area contributed by atoms with Gasteiger partial charge in [-0.2, -0.15) is 5.10 Å². The predicted octanol–water partition coefficient (Wildman–Crippen LogP) is 4.88. The van der Waals surface area contributed by atoms with Gasteiger partial charge in [-0.3, -0.25) is 5.43 Å². The van der Waals surface area contributed by atoms with Gasteiger partial charge in [0.2, 0.25) is 0 Å². The maximum Gasteiger partial charge on any atom is 0.176 e. The molecule has 3 aromatic carbocycles. The molecule has 4 nitrogen and oxygen atoms in total. The van der Waals surface area contributed by atoms with Crippen molar-refractivity contribution in [2.75, 3.05) is 5.43 Å². The number of hydrazone groups is 1. The molecule has 1 aromatic heterocycles. The number of benzene rings is 3. The average Bonchev–Trinajstić information content (AvgIpc) is 2.64. The summed E-state index contributed by atoms with van der Waals surface area (Å²) in [7, 11) is 0. The Labute approximate surface area is 143 Å². The molecular weight excluding hydrogens is 320 g/mol. The van der Waals surface area contributed by atoms with Crippen LogP contribution < -0.4 is 5.43 Å². The standard InChI is InChI=1S/C19H13ClN4/c20-18-16-10-3-4-11-17(16)19(24-22-18)23-21-12-14-8-5-7-13-6-1-2-9-15(13)14/h1-12H,(H,23,24)/b21-12+. The Morgan fingerprint density at radius 1 is 0.792 bits per heavy atom. The van der Waals surface area contributed by atoms with Crippen LogP contribution in [0, 0.1) is 0 Å². The van der Waals surface area contributed by atoms with Crippen LogP contribution in [0.3, 0.4) is 0 Å². The molecule has 0 saturated carbocycles. The topological polar surface area (TPSA) is 50.2 Å². The molecular formula is C19H13ClN4. The van der Waals surface area contributed by atoms with E-state index in [1.54, 1.807) is 6.21 Å². The van der Waals surface area contributed by atoms with E-state index >= 15 is 0 Å². The van der Waals surface area contributed by atoms with Crippen LogP contribution in [-0.4, -0.2) is 16.4 Å². The van der Waals surface area contributed by atoms with Crippen LogP contribution in [0.2, 0.25) is 5.15 Å². The number of nitrogens with one attached hydrogen (secondary N) is 1. The molecule has 4 aromatic rings. The van der Waals surface area contributed by atoms with Gasteiger partial charge < -0.3 is 0 Å². The largest absolute Gasteiger partial charge is 0.259 e. The van der Waals surface area contributed by atoms with Gasteiger partial charge >= 0.3 is 0 Å². The number of nitrogens with zero attached hydrogens (tertiary/aromatic N) is 3. The van der Waals surface area contributed by atoms with Gasteiger partial charge in [0, 0.05) is 16.3 Å². The summed E-state index contributed by atoms with van der Waals surface area (Å²) in [6.07, 6.45) is 1.79. The Kier molecular flexibility index (Phi) is 3.81. The van der Waals surface area contributed by atoms with Crippen molar-refractivity contribution in [3.63, 3.8) is 0 Å². The Morgan fingerprint density at radius 2 is 1.50 bits per heavy atom. The van der Waals surface area contributed by atoms with Crippen molar-refractivity contribution >= 4 is 45.2 Å². The van der Waals surface area contributed by atoms with Gasteiger partial charge in [-0.25, -0.2) is 0 Å². The summed E-state index contributed by atoms with van der Waals surface area (Å²) in [5, 5.41) is 16.8. The molecule has 1 heterocycles. The summed E-state index contributed by atoms with van der Waals surface area (Å²) in [6.45, 7) is 0. The number of anilines is 1. The molecule has 0 unspecified atom stereocenters. The molecule has 0 spiro atoms. The van der Waals surface area contributed by atoms with Crippen molar-refractivity contribution in [1.29, 1.82) is 0 Å². The molecule has 0 aliphatic heterocycles. The molecule has 0 saturated heterocycles. The number of aromatic nitrogens is 2. The lowest BCUT2D eigenvalue weighted by molar-refractivity contribution is 1.04. The molecule has 0 radical (unpaired) electrons. The van der Waals surface area contributed by atoms with Crippen molar-refractivity contribution in [1.82, 2.24) is 10.2 Å². The molecule has 0 aliphatic carbocycles. The highest BCUT2D eigenvalue weighted by molar-refractivity contribution is 6.34. The summed E-state index contributed by atoms with van der Waals surface area (Å²) in [6, 6.07) is 22.0. The molecule has 5 heteroatoms. The van der Waals surface area contributed by atoms with E-state index in [1.807, 2.05) is 48.5 Å². The second kappa shape index (κ2) is 6.26. The number of hydrogen-bond acceptors (Lipinski definition) is 4. The first-order valence-corrected chi connectivity index (χ1v) is 7.88. The van der Waals surface area contributed by atoms with E-state index in [9.17, 15) is 0 Å².